The average molecular weight is 473 g/mol. The maximum atomic E-state index is 5.25. The Bertz CT molecular complexity index is 1170. The van der Waals surface area contributed by atoms with Gasteiger partial charge in [0, 0.05) is 57.0 Å². The zero-order valence-electron chi connectivity index (χ0n) is 19.2. The van der Waals surface area contributed by atoms with Gasteiger partial charge in [-0.3, -0.25) is 9.80 Å². The van der Waals surface area contributed by atoms with Gasteiger partial charge in [-0.25, -0.2) is 15.0 Å². The zero-order valence-corrected chi connectivity index (χ0v) is 20.0. The number of pyridine rings is 2. The first-order valence-corrected chi connectivity index (χ1v) is 12.3. The van der Waals surface area contributed by atoms with Crippen molar-refractivity contribution in [3.8, 4) is 16.5 Å². The lowest BCUT2D eigenvalue weighted by Gasteiger charge is -2.34. The molecule has 174 valence electrons. The van der Waals surface area contributed by atoms with E-state index in [0.29, 0.717) is 0 Å². The summed E-state index contributed by atoms with van der Waals surface area (Å²) in [6, 6.07) is 18.4. The predicted molar refractivity (Wildman–Crippen MR) is 136 cm³/mol. The lowest BCUT2D eigenvalue weighted by atomic mass is 10.2. The van der Waals surface area contributed by atoms with Crippen molar-refractivity contribution in [2.24, 2.45) is 0 Å². The molecule has 1 aliphatic heterocycles. The molecule has 1 saturated heterocycles. The first-order chi connectivity index (χ1) is 16.7. The number of ether oxygens (including phenoxy) is 1. The molecule has 1 aromatic carbocycles. The fourth-order valence-corrected chi connectivity index (χ4v) is 4.66. The Morgan fingerprint density at radius 1 is 0.853 bits per heavy atom. The van der Waals surface area contributed by atoms with Crippen molar-refractivity contribution in [1.29, 1.82) is 0 Å². The van der Waals surface area contributed by atoms with Crippen LogP contribution >= 0.6 is 11.3 Å². The molecule has 1 aliphatic rings. The van der Waals surface area contributed by atoms with E-state index in [1.807, 2.05) is 48.0 Å². The first kappa shape index (κ1) is 22.5. The molecule has 0 aliphatic carbocycles. The highest BCUT2D eigenvalue weighted by Crippen LogP contribution is 2.22. The van der Waals surface area contributed by atoms with Crippen LogP contribution in [0.4, 0.5) is 11.6 Å². The van der Waals surface area contributed by atoms with Gasteiger partial charge < -0.3 is 10.1 Å². The minimum absolute atomic E-state index is 0.765. The number of nitrogens with zero attached hydrogens (tertiary/aromatic N) is 5. The van der Waals surface area contributed by atoms with Crippen LogP contribution < -0.4 is 10.1 Å². The summed E-state index contributed by atoms with van der Waals surface area (Å²) < 4.78 is 5.25. The van der Waals surface area contributed by atoms with E-state index in [1.165, 1.54) is 11.1 Å². The Kier molecular flexibility index (Phi) is 7.09. The maximum Gasteiger partial charge on any atom is 0.141 e. The highest BCUT2D eigenvalue weighted by molar-refractivity contribution is 7.13. The fraction of sp³-hybridized carbons (Fsp3) is 0.269. The van der Waals surface area contributed by atoms with Gasteiger partial charge in [0.05, 0.1) is 7.11 Å². The fourth-order valence-electron chi connectivity index (χ4n) is 4.05. The number of hydrogen-bond acceptors (Lipinski definition) is 8. The topological polar surface area (TPSA) is 66.4 Å². The molecule has 0 unspecified atom stereocenters. The molecule has 0 saturated carbocycles. The Labute approximate surface area is 204 Å². The van der Waals surface area contributed by atoms with Crippen molar-refractivity contribution in [2.75, 3.05) is 38.6 Å². The minimum atomic E-state index is 0.765. The van der Waals surface area contributed by atoms with Crippen molar-refractivity contribution in [2.45, 2.75) is 13.1 Å². The number of piperazine rings is 1. The van der Waals surface area contributed by atoms with Crippen molar-refractivity contribution < 1.29 is 4.74 Å². The molecule has 5 rings (SSSR count). The standard InChI is InChI=1S/C26H28N6OS/c1-33-22-8-5-20(6-9-22)18-31-12-14-32(15-13-31)19-21-7-10-24(28-17-21)30-25-4-2-3-23(29-25)26-27-11-16-34-26/h2-11,16-17H,12-15,18-19H2,1H3,(H,28,29,30). The summed E-state index contributed by atoms with van der Waals surface area (Å²) >= 11 is 1.58. The Hall–Kier alpha value is -3.33. The molecule has 8 heteroatoms. The number of methoxy groups -OCH3 is 1. The molecule has 0 spiro atoms. The molecule has 1 N–H and O–H groups in total. The van der Waals surface area contributed by atoms with Crippen molar-refractivity contribution in [1.82, 2.24) is 24.8 Å². The molecule has 0 amide bonds. The van der Waals surface area contributed by atoms with Gasteiger partial charge in [-0.1, -0.05) is 24.3 Å². The van der Waals surface area contributed by atoms with Crippen LogP contribution in [-0.2, 0) is 13.1 Å². The smallest absolute Gasteiger partial charge is 0.141 e. The normalized spacial score (nSPS) is 14.7. The van der Waals surface area contributed by atoms with Gasteiger partial charge in [-0.15, -0.1) is 11.3 Å². The summed E-state index contributed by atoms with van der Waals surface area (Å²) in [6.07, 6.45) is 3.75. The lowest BCUT2D eigenvalue weighted by Crippen LogP contribution is -2.45. The van der Waals surface area contributed by atoms with Crippen LogP contribution in [0.15, 0.2) is 72.4 Å². The quantitative estimate of drug-likeness (QED) is 0.400. The number of nitrogens with one attached hydrogen (secondary N) is 1. The third kappa shape index (κ3) is 5.77. The molecule has 4 heterocycles. The second-order valence-electron chi connectivity index (χ2n) is 8.32. The van der Waals surface area contributed by atoms with Gasteiger partial charge in [0.15, 0.2) is 0 Å². The van der Waals surface area contributed by atoms with E-state index in [4.69, 9.17) is 4.74 Å². The number of aromatic nitrogens is 3. The van der Waals surface area contributed by atoms with E-state index in [9.17, 15) is 0 Å². The summed E-state index contributed by atoms with van der Waals surface area (Å²) in [6.45, 7) is 6.16. The van der Waals surface area contributed by atoms with Crippen LogP contribution in [0.5, 0.6) is 5.75 Å². The van der Waals surface area contributed by atoms with Crippen molar-refractivity contribution >= 4 is 23.0 Å². The molecule has 1 fully saturated rings. The molecular formula is C26H28N6OS. The number of anilines is 2. The summed E-state index contributed by atoms with van der Waals surface area (Å²) in [5, 5.41) is 6.17. The van der Waals surface area contributed by atoms with Gasteiger partial charge in [-0.2, -0.15) is 0 Å². The molecule has 4 aromatic rings. The summed E-state index contributed by atoms with van der Waals surface area (Å²) in [4.78, 5) is 18.6. The molecular weight excluding hydrogens is 444 g/mol. The van der Waals surface area contributed by atoms with Gasteiger partial charge in [0.1, 0.15) is 28.1 Å². The SMILES string of the molecule is COc1ccc(CN2CCN(Cc3ccc(Nc4cccc(-c5nccs5)n4)nc3)CC2)cc1. The zero-order chi connectivity index (χ0) is 23.2. The molecule has 0 bridgehead atoms. The van der Waals surface area contributed by atoms with Gasteiger partial charge in [-0.05, 0) is 41.5 Å². The molecule has 0 radical (unpaired) electrons. The van der Waals surface area contributed by atoms with Gasteiger partial charge in [0.25, 0.3) is 0 Å². The van der Waals surface area contributed by atoms with E-state index in [2.05, 4.69) is 48.3 Å². The monoisotopic (exact) mass is 472 g/mol. The van der Waals surface area contributed by atoms with E-state index >= 15 is 0 Å². The second-order valence-corrected chi connectivity index (χ2v) is 9.22. The summed E-state index contributed by atoms with van der Waals surface area (Å²) in [5.41, 5.74) is 3.41. The highest BCUT2D eigenvalue weighted by atomic mass is 32.1. The predicted octanol–water partition coefficient (Wildman–Crippen LogP) is 4.67. The van der Waals surface area contributed by atoms with Crippen LogP contribution in [0.25, 0.3) is 10.7 Å². The van der Waals surface area contributed by atoms with Crippen LogP contribution in [0.3, 0.4) is 0 Å². The lowest BCUT2D eigenvalue weighted by molar-refractivity contribution is 0.122. The van der Waals surface area contributed by atoms with Crippen LogP contribution in [0.2, 0.25) is 0 Å². The number of thiazole rings is 1. The Morgan fingerprint density at radius 2 is 1.59 bits per heavy atom. The second kappa shape index (κ2) is 10.7. The summed E-state index contributed by atoms with van der Waals surface area (Å²) in [5.74, 6) is 2.46. The molecule has 0 atom stereocenters. The van der Waals surface area contributed by atoms with E-state index < -0.39 is 0 Å². The summed E-state index contributed by atoms with van der Waals surface area (Å²) in [7, 11) is 1.70. The van der Waals surface area contributed by atoms with Crippen LogP contribution in [-0.4, -0.2) is 58.0 Å². The Morgan fingerprint density at radius 3 is 2.24 bits per heavy atom. The molecule has 7 nitrogen and oxygen atoms in total. The third-order valence-electron chi connectivity index (χ3n) is 5.92. The number of rotatable bonds is 8. The largest absolute Gasteiger partial charge is 0.497 e. The van der Waals surface area contributed by atoms with E-state index in [-0.39, 0.29) is 0 Å². The number of hydrogen-bond donors (Lipinski definition) is 1. The third-order valence-corrected chi connectivity index (χ3v) is 6.71. The van der Waals surface area contributed by atoms with Crippen LogP contribution in [0.1, 0.15) is 11.1 Å². The van der Waals surface area contributed by atoms with E-state index in [0.717, 1.165) is 67.4 Å². The van der Waals surface area contributed by atoms with Gasteiger partial charge in [0.2, 0.25) is 0 Å². The van der Waals surface area contributed by atoms with Gasteiger partial charge >= 0.3 is 0 Å². The number of benzene rings is 1. The Balaban J connectivity index is 1.11. The van der Waals surface area contributed by atoms with Crippen molar-refractivity contribution in [3.05, 3.63) is 83.5 Å². The van der Waals surface area contributed by atoms with Crippen LogP contribution in [0, 0.1) is 0 Å². The average Bonchev–Trinajstić information content (AvgIpc) is 3.42. The maximum absolute atomic E-state index is 5.25. The van der Waals surface area contributed by atoms with E-state index in [1.54, 1.807) is 24.6 Å². The van der Waals surface area contributed by atoms with Crippen molar-refractivity contribution in [3.63, 3.8) is 0 Å². The minimum Gasteiger partial charge on any atom is -0.497 e. The highest BCUT2D eigenvalue weighted by Gasteiger charge is 2.17. The first-order valence-electron chi connectivity index (χ1n) is 11.4. The molecule has 3 aromatic heterocycles. The molecule has 34 heavy (non-hydrogen) atoms.